The van der Waals surface area contributed by atoms with Gasteiger partial charge in [0.2, 0.25) is 21.8 Å². The van der Waals surface area contributed by atoms with E-state index in [2.05, 4.69) is 5.32 Å². The predicted octanol–water partition coefficient (Wildman–Crippen LogP) is 3.15. The van der Waals surface area contributed by atoms with E-state index in [9.17, 15) is 22.4 Å². The first kappa shape index (κ1) is 26.3. The number of halogens is 1. The topological polar surface area (TPSA) is 86.8 Å². The Morgan fingerprint density at radius 2 is 1.70 bits per heavy atom. The summed E-state index contributed by atoms with van der Waals surface area (Å²) in [6.45, 7) is 6.88. The molecule has 1 atom stereocenters. The summed E-state index contributed by atoms with van der Waals surface area (Å²) in [6.07, 6.45) is 1.74. The average Bonchev–Trinajstić information content (AvgIpc) is 2.73. The number of amides is 2. The van der Waals surface area contributed by atoms with Gasteiger partial charge in [-0.3, -0.25) is 13.9 Å². The molecule has 0 unspecified atom stereocenters. The highest BCUT2D eigenvalue weighted by Gasteiger charge is 2.30. The fourth-order valence-electron chi connectivity index (χ4n) is 3.50. The van der Waals surface area contributed by atoms with Crippen LogP contribution in [-0.2, 0) is 26.2 Å². The van der Waals surface area contributed by atoms with Gasteiger partial charge in [0.1, 0.15) is 18.4 Å². The zero-order valence-electron chi connectivity index (χ0n) is 19.8. The molecule has 0 bridgehead atoms. The number of aryl methyl sites for hydroxylation is 2. The molecule has 2 aromatic rings. The van der Waals surface area contributed by atoms with Crippen molar-refractivity contribution in [2.24, 2.45) is 0 Å². The Morgan fingerprint density at radius 1 is 1.09 bits per heavy atom. The van der Waals surface area contributed by atoms with Crippen LogP contribution in [0.1, 0.15) is 37.0 Å². The van der Waals surface area contributed by atoms with E-state index in [1.54, 1.807) is 25.1 Å². The van der Waals surface area contributed by atoms with Gasteiger partial charge in [0.15, 0.2) is 0 Å². The van der Waals surface area contributed by atoms with Gasteiger partial charge in [0, 0.05) is 18.7 Å². The Hall–Kier alpha value is -2.94. The number of benzene rings is 2. The lowest BCUT2D eigenvalue weighted by molar-refractivity contribution is -0.139. The molecule has 33 heavy (non-hydrogen) atoms. The molecule has 180 valence electrons. The summed E-state index contributed by atoms with van der Waals surface area (Å²) in [4.78, 5) is 27.2. The van der Waals surface area contributed by atoms with Gasteiger partial charge in [0.05, 0.1) is 11.9 Å². The van der Waals surface area contributed by atoms with Gasteiger partial charge in [-0.05, 0) is 56.5 Å². The van der Waals surface area contributed by atoms with Crippen LogP contribution in [0.2, 0.25) is 0 Å². The highest BCUT2D eigenvalue weighted by molar-refractivity contribution is 7.92. The van der Waals surface area contributed by atoms with Gasteiger partial charge in [-0.1, -0.05) is 31.2 Å². The Balaban J connectivity index is 2.42. The maximum Gasteiger partial charge on any atom is 0.244 e. The molecule has 9 heteroatoms. The van der Waals surface area contributed by atoms with Gasteiger partial charge >= 0.3 is 0 Å². The second-order valence-corrected chi connectivity index (χ2v) is 10.1. The van der Waals surface area contributed by atoms with Crippen molar-refractivity contribution in [3.63, 3.8) is 0 Å². The lowest BCUT2D eigenvalue weighted by Crippen LogP contribution is -2.51. The molecule has 0 radical (unpaired) electrons. The third kappa shape index (κ3) is 7.28. The number of sulfonamides is 1. The average molecular weight is 478 g/mol. The van der Waals surface area contributed by atoms with Crippen molar-refractivity contribution in [1.29, 1.82) is 0 Å². The molecule has 0 spiro atoms. The summed E-state index contributed by atoms with van der Waals surface area (Å²) >= 11 is 0. The molecular weight excluding hydrogens is 445 g/mol. The number of hydrogen-bond acceptors (Lipinski definition) is 4. The molecule has 2 aromatic carbocycles. The summed E-state index contributed by atoms with van der Waals surface area (Å²) in [5.74, 6) is -1.51. The molecule has 0 saturated carbocycles. The Bertz CT molecular complexity index is 1080. The van der Waals surface area contributed by atoms with Gasteiger partial charge in [-0.2, -0.15) is 0 Å². The van der Waals surface area contributed by atoms with Gasteiger partial charge in [-0.15, -0.1) is 0 Å². The van der Waals surface area contributed by atoms with E-state index in [1.165, 1.54) is 23.1 Å². The number of rotatable bonds is 10. The van der Waals surface area contributed by atoms with Gasteiger partial charge in [-0.25, -0.2) is 12.8 Å². The number of anilines is 1. The van der Waals surface area contributed by atoms with E-state index < -0.39 is 34.3 Å². The molecule has 0 fully saturated rings. The van der Waals surface area contributed by atoms with E-state index in [1.807, 2.05) is 26.8 Å². The standard InChI is InChI=1S/C24H32FN3O4S/c1-6-11-26-24(30)19(4)27(15-20-9-7-8-10-22(20)25)23(29)16-28(33(5,31)32)21-13-17(2)12-18(3)14-21/h7-10,12-14,19H,6,11,15-16H2,1-5H3,(H,26,30)/t19-/m0/s1. The second-order valence-electron chi connectivity index (χ2n) is 8.20. The summed E-state index contributed by atoms with van der Waals surface area (Å²) in [7, 11) is -3.81. The van der Waals surface area contributed by atoms with E-state index in [0.29, 0.717) is 18.7 Å². The van der Waals surface area contributed by atoms with E-state index >= 15 is 0 Å². The third-order valence-corrected chi connectivity index (χ3v) is 6.33. The molecule has 0 aliphatic carbocycles. The summed E-state index contributed by atoms with van der Waals surface area (Å²) in [5.41, 5.74) is 2.29. The van der Waals surface area contributed by atoms with Crippen LogP contribution in [-0.4, -0.2) is 50.5 Å². The number of carbonyl (C=O) groups is 2. The fourth-order valence-corrected chi connectivity index (χ4v) is 4.33. The molecule has 2 amide bonds. The summed E-state index contributed by atoms with van der Waals surface area (Å²) < 4.78 is 40.5. The van der Waals surface area contributed by atoms with Crippen molar-refractivity contribution in [3.05, 3.63) is 65.0 Å². The number of nitrogens with one attached hydrogen (secondary N) is 1. The van der Waals surface area contributed by atoms with Crippen molar-refractivity contribution in [2.75, 3.05) is 23.7 Å². The molecule has 0 aliphatic heterocycles. The zero-order valence-corrected chi connectivity index (χ0v) is 20.6. The zero-order chi connectivity index (χ0) is 24.8. The second kappa shape index (κ2) is 11.3. The normalized spacial score (nSPS) is 12.2. The monoisotopic (exact) mass is 477 g/mol. The lowest BCUT2D eigenvalue weighted by Gasteiger charge is -2.31. The molecule has 0 heterocycles. The van der Waals surface area contributed by atoms with E-state index in [4.69, 9.17) is 0 Å². The van der Waals surface area contributed by atoms with Crippen LogP contribution in [0.5, 0.6) is 0 Å². The van der Waals surface area contributed by atoms with Crippen molar-refractivity contribution in [3.8, 4) is 0 Å². The Kier molecular flexibility index (Phi) is 8.99. The molecular formula is C24H32FN3O4S. The van der Waals surface area contributed by atoms with Crippen LogP contribution in [0.15, 0.2) is 42.5 Å². The minimum absolute atomic E-state index is 0.170. The first-order chi connectivity index (χ1) is 15.4. The largest absolute Gasteiger partial charge is 0.354 e. The minimum Gasteiger partial charge on any atom is -0.354 e. The van der Waals surface area contributed by atoms with Crippen molar-refractivity contribution in [2.45, 2.75) is 46.7 Å². The van der Waals surface area contributed by atoms with E-state index in [-0.39, 0.29) is 18.0 Å². The highest BCUT2D eigenvalue weighted by Crippen LogP contribution is 2.22. The number of hydrogen-bond donors (Lipinski definition) is 1. The predicted molar refractivity (Wildman–Crippen MR) is 128 cm³/mol. The lowest BCUT2D eigenvalue weighted by atomic mass is 10.1. The van der Waals surface area contributed by atoms with Gasteiger partial charge in [0.25, 0.3) is 0 Å². The van der Waals surface area contributed by atoms with Crippen LogP contribution < -0.4 is 9.62 Å². The Morgan fingerprint density at radius 3 is 2.24 bits per heavy atom. The quantitative estimate of drug-likeness (QED) is 0.570. The van der Waals surface area contributed by atoms with Gasteiger partial charge < -0.3 is 10.2 Å². The first-order valence-corrected chi connectivity index (χ1v) is 12.7. The van der Waals surface area contributed by atoms with Crippen molar-refractivity contribution in [1.82, 2.24) is 10.2 Å². The number of nitrogens with zero attached hydrogens (tertiary/aromatic N) is 2. The van der Waals surface area contributed by atoms with E-state index in [0.717, 1.165) is 21.7 Å². The number of carbonyl (C=O) groups excluding carboxylic acids is 2. The van der Waals surface area contributed by atoms with Crippen LogP contribution in [0.3, 0.4) is 0 Å². The Labute approximate surface area is 195 Å². The first-order valence-electron chi connectivity index (χ1n) is 10.8. The van der Waals surface area contributed by atoms with Crippen LogP contribution >= 0.6 is 0 Å². The summed E-state index contributed by atoms with van der Waals surface area (Å²) in [5, 5.41) is 2.74. The van der Waals surface area contributed by atoms with Crippen molar-refractivity contribution < 1.29 is 22.4 Å². The molecule has 0 aliphatic rings. The van der Waals surface area contributed by atoms with Crippen LogP contribution in [0.25, 0.3) is 0 Å². The molecule has 1 N–H and O–H groups in total. The van der Waals surface area contributed by atoms with Crippen LogP contribution in [0.4, 0.5) is 10.1 Å². The smallest absolute Gasteiger partial charge is 0.244 e. The summed E-state index contributed by atoms with van der Waals surface area (Å²) in [6, 6.07) is 10.3. The minimum atomic E-state index is -3.81. The maximum atomic E-state index is 14.3. The maximum absolute atomic E-state index is 14.3. The molecule has 0 saturated heterocycles. The molecule has 2 rings (SSSR count). The van der Waals surface area contributed by atoms with Crippen LogP contribution in [0, 0.1) is 19.7 Å². The highest BCUT2D eigenvalue weighted by atomic mass is 32.2. The fraction of sp³-hybridized carbons (Fsp3) is 0.417. The SMILES string of the molecule is CCCNC(=O)[C@H](C)N(Cc1ccccc1F)C(=O)CN(c1cc(C)cc(C)c1)S(C)(=O)=O. The third-order valence-electron chi connectivity index (χ3n) is 5.19. The molecule has 7 nitrogen and oxygen atoms in total. The molecule has 0 aromatic heterocycles. The van der Waals surface area contributed by atoms with Crippen molar-refractivity contribution >= 4 is 27.5 Å².